The van der Waals surface area contributed by atoms with Crippen molar-refractivity contribution in [2.75, 3.05) is 0 Å². The summed E-state index contributed by atoms with van der Waals surface area (Å²) in [6, 6.07) is 45.9. The molecule has 0 radical (unpaired) electrons. The van der Waals surface area contributed by atoms with Gasteiger partial charge in [-0.25, -0.2) is 24.9 Å². The van der Waals surface area contributed by atoms with Gasteiger partial charge in [0, 0.05) is 63.3 Å². The molecule has 1 aliphatic rings. The van der Waals surface area contributed by atoms with Gasteiger partial charge in [0.1, 0.15) is 11.2 Å². The maximum atomic E-state index is 6.26. The number of aromatic nitrogens is 5. The van der Waals surface area contributed by atoms with Crippen molar-refractivity contribution >= 4 is 90.7 Å². The van der Waals surface area contributed by atoms with Crippen molar-refractivity contribution < 1.29 is 4.42 Å². The van der Waals surface area contributed by atoms with Gasteiger partial charge in [0.2, 0.25) is 0 Å². The Morgan fingerprint density at radius 3 is 2.07 bits per heavy atom. The number of rotatable bonds is 5. The van der Waals surface area contributed by atoms with E-state index >= 15 is 0 Å². The number of para-hydroxylation sites is 1. The highest BCUT2D eigenvalue weighted by molar-refractivity contribution is 7.26. The van der Waals surface area contributed by atoms with E-state index in [1.165, 1.54) is 20.4 Å². The number of thiophene rings is 2. The van der Waals surface area contributed by atoms with Gasteiger partial charge in [-0.3, -0.25) is 0 Å². The van der Waals surface area contributed by atoms with Crippen LogP contribution in [0.1, 0.15) is 18.5 Å². The number of allylic oxidation sites excluding steroid dienone is 4. The van der Waals surface area contributed by atoms with Crippen LogP contribution in [0.2, 0.25) is 0 Å². The number of hydrogen-bond donors (Lipinski definition) is 0. The first kappa shape index (κ1) is 32.4. The van der Waals surface area contributed by atoms with Gasteiger partial charge in [0.15, 0.2) is 23.3 Å². The van der Waals surface area contributed by atoms with Crippen LogP contribution in [0, 0.1) is 0 Å². The van der Waals surface area contributed by atoms with E-state index < -0.39 is 0 Å². The molecule has 5 heterocycles. The van der Waals surface area contributed by atoms with Crippen LogP contribution >= 0.6 is 22.7 Å². The molecule has 268 valence electrons. The molecule has 0 bridgehead atoms. The predicted octanol–water partition coefficient (Wildman–Crippen LogP) is 13.7. The molecule has 0 fully saturated rings. The second kappa shape index (κ2) is 12.8. The van der Waals surface area contributed by atoms with E-state index in [2.05, 4.69) is 91.0 Å². The lowest BCUT2D eigenvalue weighted by atomic mass is 10.0. The number of hydrogen-bond acceptors (Lipinski definition) is 8. The van der Waals surface area contributed by atoms with Crippen LogP contribution < -0.4 is 0 Å². The highest BCUT2D eigenvalue weighted by Gasteiger charge is 2.21. The summed E-state index contributed by atoms with van der Waals surface area (Å²) in [7, 11) is 0. The van der Waals surface area contributed by atoms with E-state index in [1.807, 2.05) is 60.7 Å². The van der Waals surface area contributed by atoms with Crippen LogP contribution in [0.4, 0.5) is 0 Å². The maximum absolute atomic E-state index is 6.26. The summed E-state index contributed by atoms with van der Waals surface area (Å²) < 4.78 is 10.9. The van der Waals surface area contributed by atoms with Gasteiger partial charge in [0.05, 0.1) is 15.9 Å². The minimum atomic E-state index is 0.598. The lowest BCUT2D eigenvalue weighted by Crippen LogP contribution is -2.00. The second-order valence-corrected chi connectivity index (χ2v) is 16.4. The molecule has 0 spiro atoms. The van der Waals surface area contributed by atoms with E-state index in [0.29, 0.717) is 17.5 Å². The molecule has 57 heavy (non-hydrogen) atoms. The first-order valence-corrected chi connectivity index (χ1v) is 20.6. The Hall–Kier alpha value is -6.87. The normalized spacial score (nSPS) is 13.2. The van der Waals surface area contributed by atoms with Crippen molar-refractivity contribution in [2.24, 2.45) is 0 Å². The molecule has 1 aliphatic carbocycles. The minimum Gasteiger partial charge on any atom is -0.456 e. The number of fused-ring (bicyclic) bond motifs is 9. The van der Waals surface area contributed by atoms with Gasteiger partial charge < -0.3 is 4.42 Å². The molecular weight excluding hydrogens is 739 g/mol. The monoisotopic (exact) mass is 767 g/mol. The van der Waals surface area contributed by atoms with E-state index in [1.54, 1.807) is 22.7 Å². The van der Waals surface area contributed by atoms with Gasteiger partial charge >= 0.3 is 0 Å². The Balaban J connectivity index is 1.04. The van der Waals surface area contributed by atoms with Crippen molar-refractivity contribution in [3.05, 3.63) is 157 Å². The number of nitrogens with zero attached hydrogens (tertiary/aromatic N) is 5. The standard InChI is InChI=1S/C49H29N5OS2/c1-3-13-28(14-4-1)42-45-43(33-18-8-10-24-39(33)57-45)51-49(50-42)35-21-11-19-31-36-27-30(25-26-40(36)56-44(31)35)47-52-46(29-15-5-2-6-16-29)53-48(54-47)34-20-12-23-38-41(34)32-17-7-9-22-37(32)55-38/h2-3,5-27H,1,4H2. The zero-order valence-electron chi connectivity index (χ0n) is 30.3. The van der Waals surface area contributed by atoms with Crippen LogP contribution in [0.5, 0.6) is 0 Å². The average Bonchev–Trinajstić information content (AvgIpc) is 3.98. The molecular formula is C49H29N5OS2. The topological polar surface area (TPSA) is 77.6 Å². The van der Waals surface area contributed by atoms with E-state index in [-0.39, 0.29) is 0 Å². The first-order valence-electron chi connectivity index (χ1n) is 19.0. The van der Waals surface area contributed by atoms with E-state index in [9.17, 15) is 0 Å². The molecule has 0 saturated carbocycles. The quantitative estimate of drug-likeness (QED) is 0.174. The van der Waals surface area contributed by atoms with Crippen molar-refractivity contribution in [1.82, 2.24) is 24.9 Å². The van der Waals surface area contributed by atoms with Crippen LogP contribution in [0.15, 0.2) is 156 Å². The van der Waals surface area contributed by atoms with Gasteiger partial charge in [0.25, 0.3) is 0 Å². The molecule has 6 aromatic carbocycles. The molecule has 6 nitrogen and oxygen atoms in total. The Labute approximate surface area is 334 Å². The Morgan fingerprint density at radius 2 is 1.18 bits per heavy atom. The third-order valence-corrected chi connectivity index (χ3v) is 13.2. The van der Waals surface area contributed by atoms with Crippen LogP contribution in [0.3, 0.4) is 0 Å². The molecule has 0 N–H and O–H groups in total. The molecule has 5 aromatic heterocycles. The lowest BCUT2D eigenvalue weighted by molar-refractivity contribution is 0.669. The maximum Gasteiger partial charge on any atom is 0.164 e. The molecule has 8 heteroatoms. The van der Waals surface area contributed by atoms with Gasteiger partial charge in [-0.1, -0.05) is 109 Å². The highest BCUT2D eigenvalue weighted by atomic mass is 32.1. The Kier molecular flexibility index (Phi) is 7.30. The Morgan fingerprint density at radius 1 is 0.474 bits per heavy atom. The van der Waals surface area contributed by atoms with Crippen molar-refractivity contribution in [3.8, 4) is 45.6 Å². The second-order valence-electron chi connectivity index (χ2n) is 14.3. The smallest absolute Gasteiger partial charge is 0.164 e. The largest absolute Gasteiger partial charge is 0.456 e. The first-order chi connectivity index (χ1) is 28.2. The van der Waals surface area contributed by atoms with Crippen molar-refractivity contribution in [3.63, 3.8) is 0 Å². The number of furan rings is 1. The summed E-state index contributed by atoms with van der Waals surface area (Å²) in [5, 5.41) is 5.48. The molecule has 0 saturated heterocycles. The highest BCUT2D eigenvalue weighted by Crippen LogP contribution is 2.44. The summed E-state index contributed by atoms with van der Waals surface area (Å²) in [5.74, 6) is 2.57. The third kappa shape index (κ3) is 5.25. The predicted molar refractivity (Wildman–Crippen MR) is 237 cm³/mol. The molecule has 0 aliphatic heterocycles. The van der Waals surface area contributed by atoms with E-state index in [4.69, 9.17) is 29.3 Å². The summed E-state index contributed by atoms with van der Waals surface area (Å²) in [6.07, 6.45) is 8.84. The van der Waals surface area contributed by atoms with Crippen LogP contribution in [-0.4, -0.2) is 24.9 Å². The Bertz CT molecular complexity index is 3480. The molecule has 12 rings (SSSR count). The molecule has 0 atom stereocenters. The van der Waals surface area contributed by atoms with E-state index in [0.717, 1.165) is 94.2 Å². The summed E-state index contributed by atoms with van der Waals surface area (Å²) >= 11 is 3.55. The van der Waals surface area contributed by atoms with Gasteiger partial charge in [-0.05, 0) is 60.9 Å². The van der Waals surface area contributed by atoms with Crippen LogP contribution in [0.25, 0.3) is 114 Å². The summed E-state index contributed by atoms with van der Waals surface area (Å²) in [4.78, 5) is 26.0. The fourth-order valence-electron chi connectivity index (χ4n) is 8.11. The van der Waals surface area contributed by atoms with Crippen molar-refractivity contribution in [2.45, 2.75) is 12.8 Å². The van der Waals surface area contributed by atoms with Gasteiger partial charge in [-0.2, -0.15) is 0 Å². The summed E-state index contributed by atoms with van der Waals surface area (Å²) in [6.45, 7) is 0. The molecule has 11 aromatic rings. The summed E-state index contributed by atoms with van der Waals surface area (Å²) in [5.41, 5.74) is 8.58. The zero-order chi connectivity index (χ0) is 37.5. The third-order valence-electron chi connectivity index (χ3n) is 10.8. The lowest BCUT2D eigenvalue weighted by Gasteiger charge is -2.10. The SMILES string of the molecule is C1=CC(c2nc(-c3cccc4c3sc3ccc(-c5nc(-c6ccccc6)nc(-c6cccc7oc8ccccc8c67)n5)cc34)nc3c2sc2ccccc23)=CCC1. The van der Waals surface area contributed by atoms with Crippen LogP contribution in [-0.2, 0) is 0 Å². The zero-order valence-corrected chi connectivity index (χ0v) is 31.9. The molecule has 0 unspecified atom stereocenters. The minimum absolute atomic E-state index is 0.598. The fraction of sp³-hybridized carbons (Fsp3) is 0.0408. The van der Waals surface area contributed by atoms with Gasteiger partial charge in [-0.15, -0.1) is 22.7 Å². The average molecular weight is 768 g/mol. The number of benzene rings is 6. The molecule has 0 amide bonds. The fourth-order valence-corrected chi connectivity index (χ4v) is 10.5. The van der Waals surface area contributed by atoms with Crippen molar-refractivity contribution in [1.29, 1.82) is 0 Å².